The second kappa shape index (κ2) is 8.56. The Balaban J connectivity index is 1.25. The summed E-state index contributed by atoms with van der Waals surface area (Å²) in [6.07, 6.45) is 0. The Morgan fingerprint density at radius 1 is 0.400 bits per heavy atom. The second-order valence-corrected chi connectivity index (χ2v) is 13.2. The summed E-state index contributed by atoms with van der Waals surface area (Å²) in [6.45, 7) is 0. The van der Waals surface area contributed by atoms with Gasteiger partial charge >= 0.3 is 0 Å². The van der Waals surface area contributed by atoms with Gasteiger partial charge in [0.2, 0.25) is 5.95 Å². The van der Waals surface area contributed by atoms with E-state index in [1.54, 1.807) is 0 Å². The smallest absolute Gasteiger partial charge is 0.236 e. The summed E-state index contributed by atoms with van der Waals surface area (Å²) >= 11 is 0. The third-order valence-corrected chi connectivity index (χ3v) is 10.8. The van der Waals surface area contributed by atoms with Gasteiger partial charge in [-0.2, -0.15) is 0 Å². The third kappa shape index (κ3) is 2.89. The molecule has 1 aliphatic rings. The molecule has 0 unspecified atom stereocenters. The van der Waals surface area contributed by atoms with Gasteiger partial charge < -0.3 is 13.3 Å². The Morgan fingerprint density at radius 3 is 1.88 bits per heavy atom. The number of nitrogens with zero attached hydrogens (tertiary/aromatic N) is 3. The fraction of sp³-hybridized carbons (Fsp3) is 0. The van der Waals surface area contributed by atoms with Gasteiger partial charge in [0.1, 0.15) is 39.1 Å². The highest BCUT2D eigenvalue weighted by Crippen LogP contribution is 2.51. The SMILES string of the molecule is c1cc2c3c(c1)ccc1c3c3c4c(ccc3n1-c1nc(-c3cccc5oc6ccccc6c35)c3oc5ccccc5c3n1)oc1cccc-2c14. The summed E-state index contributed by atoms with van der Waals surface area (Å²) in [7, 11) is 0. The number of rotatable bonds is 2. The van der Waals surface area contributed by atoms with Crippen LogP contribution >= 0.6 is 0 Å². The topological polar surface area (TPSA) is 70.1 Å². The predicted octanol–water partition coefficient (Wildman–Crippen LogP) is 12.1. The van der Waals surface area contributed by atoms with E-state index in [4.69, 9.17) is 23.2 Å². The van der Waals surface area contributed by atoms with Crippen molar-refractivity contribution >= 4 is 98.5 Å². The Morgan fingerprint density at radius 2 is 1.02 bits per heavy atom. The molecule has 0 bridgehead atoms. The molecule has 6 heteroatoms. The van der Waals surface area contributed by atoms with Crippen LogP contribution in [0.3, 0.4) is 0 Å². The first-order valence-electron chi connectivity index (χ1n) is 16.7. The molecule has 0 amide bonds. The van der Waals surface area contributed by atoms with E-state index in [9.17, 15) is 0 Å². The van der Waals surface area contributed by atoms with Crippen LogP contribution in [-0.4, -0.2) is 14.5 Å². The number of benzene rings is 7. The molecule has 0 saturated heterocycles. The molecule has 0 fully saturated rings. The van der Waals surface area contributed by atoms with Crippen molar-refractivity contribution in [3.8, 4) is 28.3 Å². The maximum Gasteiger partial charge on any atom is 0.236 e. The Kier molecular flexibility index (Phi) is 4.30. The zero-order chi connectivity index (χ0) is 32.2. The number of para-hydroxylation sites is 2. The zero-order valence-corrected chi connectivity index (χ0v) is 26.2. The van der Waals surface area contributed by atoms with Gasteiger partial charge in [0.25, 0.3) is 0 Å². The van der Waals surface area contributed by atoms with Crippen molar-refractivity contribution in [2.45, 2.75) is 0 Å². The highest BCUT2D eigenvalue weighted by Gasteiger charge is 2.28. The molecule has 1 aliphatic carbocycles. The summed E-state index contributed by atoms with van der Waals surface area (Å²) in [5.41, 5.74) is 11.7. The minimum Gasteiger partial charge on any atom is -0.456 e. The fourth-order valence-electron chi connectivity index (χ4n) is 8.77. The lowest BCUT2D eigenvalue weighted by molar-refractivity contribution is 0.666. The zero-order valence-electron chi connectivity index (χ0n) is 26.2. The summed E-state index contributed by atoms with van der Waals surface area (Å²) in [5, 5.41) is 10.0. The van der Waals surface area contributed by atoms with Crippen molar-refractivity contribution in [2.24, 2.45) is 0 Å². The summed E-state index contributed by atoms with van der Waals surface area (Å²) in [5.74, 6) is 0.577. The standard InChI is InChI=1S/C44H21N3O3/c1-3-14-30-25(9-1)36-27(13-7-16-32(36)48-30)42-43-41(26-10-2-4-15-31(26)50-43)45-44(46-42)47-28-19-18-22-8-5-11-23-24-12-6-17-33-37(24)40-34(49-33)21-20-29(47)39(40)38(28)35(22)23/h1-21H. The molecule has 0 aliphatic heterocycles. The monoisotopic (exact) mass is 639 g/mol. The quantitative estimate of drug-likeness (QED) is 0.188. The molecule has 13 rings (SSSR count). The van der Waals surface area contributed by atoms with Crippen LogP contribution in [0.4, 0.5) is 0 Å². The second-order valence-electron chi connectivity index (χ2n) is 13.2. The van der Waals surface area contributed by atoms with Crippen LogP contribution in [0, 0.1) is 0 Å². The minimum absolute atomic E-state index is 0.577. The Hall–Kier alpha value is -6.92. The molecular formula is C44H21N3O3. The van der Waals surface area contributed by atoms with Crippen molar-refractivity contribution < 1.29 is 13.3 Å². The lowest BCUT2D eigenvalue weighted by Crippen LogP contribution is -2.03. The van der Waals surface area contributed by atoms with Crippen LogP contribution in [-0.2, 0) is 0 Å². The average molecular weight is 640 g/mol. The van der Waals surface area contributed by atoms with Gasteiger partial charge in [-0.15, -0.1) is 0 Å². The molecule has 0 atom stereocenters. The Bertz CT molecular complexity index is 3500. The van der Waals surface area contributed by atoms with Crippen LogP contribution in [0.1, 0.15) is 0 Å². The first kappa shape index (κ1) is 25.1. The van der Waals surface area contributed by atoms with Crippen molar-refractivity contribution in [3.05, 3.63) is 127 Å². The summed E-state index contributed by atoms with van der Waals surface area (Å²) in [6, 6.07) is 44.0. The molecule has 0 spiro atoms. The molecule has 5 aromatic heterocycles. The highest BCUT2D eigenvalue weighted by molar-refractivity contribution is 6.38. The number of aromatic nitrogens is 3. The van der Waals surface area contributed by atoms with Gasteiger partial charge in [-0.1, -0.05) is 78.9 Å². The third-order valence-electron chi connectivity index (χ3n) is 10.8. The summed E-state index contributed by atoms with van der Waals surface area (Å²) in [4.78, 5) is 10.8. The van der Waals surface area contributed by atoms with Gasteiger partial charge in [-0.3, -0.25) is 4.57 Å². The maximum absolute atomic E-state index is 6.60. The normalized spacial score (nSPS) is 12.8. The van der Waals surface area contributed by atoms with E-state index in [1.807, 2.05) is 48.5 Å². The molecule has 230 valence electrons. The van der Waals surface area contributed by atoms with Crippen molar-refractivity contribution in [2.75, 3.05) is 0 Å². The van der Waals surface area contributed by atoms with Crippen molar-refractivity contribution in [3.63, 3.8) is 0 Å². The van der Waals surface area contributed by atoms with Gasteiger partial charge in [-0.25, -0.2) is 9.97 Å². The molecule has 0 radical (unpaired) electrons. The lowest BCUT2D eigenvalue weighted by atomic mass is 9.95. The van der Waals surface area contributed by atoms with Gasteiger partial charge in [0, 0.05) is 43.3 Å². The van der Waals surface area contributed by atoms with E-state index in [1.165, 1.54) is 27.3 Å². The number of hydrogen-bond acceptors (Lipinski definition) is 5. The highest BCUT2D eigenvalue weighted by atomic mass is 16.3. The molecule has 6 nitrogen and oxygen atoms in total. The first-order valence-corrected chi connectivity index (χ1v) is 16.7. The number of fused-ring (bicyclic) bond motifs is 7. The largest absolute Gasteiger partial charge is 0.456 e. The van der Waals surface area contributed by atoms with Crippen LogP contribution in [0.25, 0.3) is 127 Å². The molecule has 50 heavy (non-hydrogen) atoms. The molecule has 0 saturated carbocycles. The maximum atomic E-state index is 6.60. The van der Waals surface area contributed by atoms with Crippen LogP contribution in [0.2, 0.25) is 0 Å². The van der Waals surface area contributed by atoms with Gasteiger partial charge in [-0.05, 0) is 70.4 Å². The van der Waals surface area contributed by atoms with Crippen LogP contribution < -0.4 is 0 Å². The van der Waals surface area contributed by atoms with E-state index < -0.39 is 0 Å². The average Bonchev–Trinajstić information content (AvgIpc) is 3.90. The van der Waals surface area contributed by atoms with E-state index >= 15 is 0 Å². The molecule has 7 aromatic carbocycles. The van der Waals surface area contributed by atoms with Gasteiger partial charge in [0.05, 0.1) is 11.0 Å². The van der Waals surface area contributed by atoms with Crippen LogP contribution in [0.15, 0.2) is 141 Å². The van der Waals surface area contributed by atoms with E-state index in [2.05, 4.69) is 83.4 Å². The van der Waals surface area contributed by atoms with E-state index in [-0.39, 0.29) is 0 Å². The van der Waals surface area contributed by atoms with Gasteiger partial charge in [0.15, 0.2) is 5.58 Å². The van der Waals surface area contributed by atoms with E-state index in [0.717, 1.165) is 88.0 Å². The Labute approximate surface area is 281 Å². The molecular weight excluding hydrogens is 619 g/mol. The molecule has 5 heterocycles. The minimum atomic E-state index is 0.577. The van der Waals surface area contributed by atoms with Crippen LogP contribution in [0.5, 0.6) is 0 Å². The van der Waals surface area contributed by atoms with E-state index in [0.29, 0.717) is 11.5 Å². The summed E-state index contributed by atoms with van der Waals surface area (Å²) < 4.78 is 21.7. The first-order chi connectivity index (χ1) is 24.8. The van der Waals surface area contributed by atoms with Crippen molar-refractivity contribution in [1.29, 1.82) is 0 Å². The van der Waals surface area contributed by atoms with Crippen molar-refractivity contribution in [1.82, 2.24) is 14.5 Å². The number of furan rings is 3. The molecule has 0 N–H and O–H groups in total. The fourth-order valence-corrected chi connectivity index (χ4v) is 8.77. The lowest BCUT2D eigenvalue weighted by Gasteiger charge is -2.12. The number of hydrogen-bond donors (Lipinski definition) is 0. The molecule has 12 aromatic rings. The predicted molar refractivity (Wildman–Crippen MR) is 200 cm³/mol.